The van der Waals surface area contributed by atoms with Crippen molar-refractivity contribution in [3.8, 4) is 0 Å². The van der Waals surface area contributed by atoms with Crippen LogP contribution in [0.1, 0.15) is 0 Å². The molecule has 0 saturated carbocycles. The third kappa shape index (κ3) is 14.0. The van der Waals surface area contributed by atoms with Gasteiger partial charge in [0.2, 0.25) is 0 Å². The summed E-state index contributed by atoms with van der Waals surface area (Å²) in [6, 6.07) is 0. The van der Waals surface area contributed by atoms with E-state index in [0.717, 1.165) is 0 Å². The van der Waals surface area contributed by atoms with Gasteiger partial charge in [-0.2, -0.15) is 0 Å². The molecule has 0 amide bonds. The minimum absolute atomic E-state index is 1.83. The minimum atomic E-state index is -2.29. The molecule has 0 radical (unpaired) electrons. The largest absolute Gasteiger partial charge is 0.430 e. The minimum Gasteiger partial charge on any atom is -0.430 e. The molecule has 0 aliphatic rings. The van der Waals surface area contributed by atoms with Crippen molar-refractivity contribution in [3.05, 3.63) is 73.7 Å². The highest BCUT2D eigenvalue weighted by molar-refractivity contribution is 6.93. The van der Waals surface area contributed by atoms with Gasteiger partial charge in [0, 0.05) is 0 Å². The summed E-state index contributed by atoms with van der Waals surface area (Å²) in [5, 5.41) is 0. The van der Waals surface area contributed by atoms with Gasteiger partial charge in [0.25, 0.3) is 0 Å². The predicted octanol–water partition coefficient (Wildman–Crippen LogP) is 7.35. The van der Waals surface area contributed by atoms with E-state index in [0.29, 0.717) is 0 Å². The molecule has 0 aromatic rings. The second kappa shape index (κ2) is 12.9. The van der Waals surface area contributed by atoms with Gasteiger partial charge in [-0.05, 0) is 65.5 Å². The van der Waals surface area contributed by atoms with Crippen molar-refractivity contribution in [2.45, 2.75) is 65.5 Å². The molecular formula is C22H48O4Si6. The van der Waals surface area contributed by atoms with E-state index >= 15 is 0 Å². The molecule has 0 rings (SSSR count). The van der Waals surface area contributed by atoms with Crippen molar-refractivity contribution < 1.29 is 16.5 Å². The van der Waals surface area contributed by atoms with E-state index in [1.165, 1.54) is 0 Å². The molecule has 0 fully saturated rings. The van der Waals surface area contributed by atoms with Crippen molar-refractivity contribution in [1.82, 2.24) is 0 Å². The standard InChI is InChI=1S/2C11H24O2Si3/c2*1-9-14(4,5)12-16(8,11-3)13-15(6,7)10-2/h2*9-11H,1-3H2,4-8H3. The Hall–Kier alpha value is -0.419. The van der Waals surface area contributed by atoms with Gasteiger partial charge < -0.3 is 16.5 Å². The fourth-order valence-corrected chi connectivity index (χ4v) is 22.9. The van der Waals surface area contributed by atoms with Crippen LogP contribution in [0.5, 0.6) is 0 Å². The molecule has 0 aromatic heterocycles. The van der Waals surface area contributed by atoms with Crippen molar-refractivity contribution >= 4 is 50.4 Å². The number of hydrogen-bond acceptors (Lipinski definition) is 4. The Kier molecular flexibility index (Phi) is 13.6. The third-order valence-electron chi connectivity index (χ3n) is 4.57. The molecule has 0 aliphatic heterocycles. The molecule has 0 saturated heterocycles. The predicted molar refractivity (Wildman–Crippen MR) is 159 cm³/mol. The van der Waals surface area contributed by atoms with E-state index in [9.17, 15) is 0 Å². The molecule has 10 heteroatoms. The van der Waals surface area contributed by atoms with E-state index in [4.69, 9.17) is 16.5 Å². The Bertz CT molecular complexity index is 584. The quantitative estimate of drug-likeness (QED) is 0.214. The van der Waals surface area contributed by atoms with Crippen LogP contribution in [-0.4, -0.2) is 50.4 Å². The van der Waals surface area contributed by atoms with Crippen molar-refractivity contribution in [3.63, 3.8) is 0 Å². The first-order valence-corrected chi connectivity index (χ1v) is 27.5. The van der Waals surface area contributed by atoms with Gasteiger partial charge in [0.05, 0.1) is 0 Å². The van der Waals surface area contributed by atoms with E-state index in [-0.39, 0.29) is 0 Å². The van der Waals surface area contributed by atoms with Crippen LogP contribution >= 0.6 is 0 Å². The SMILES string of the molecule is C=C[Si](C)(C)O[Si](C)(C=C)O[Si](C)(C)C=C.C=C[Si](C)(C)O[Si](C)(C=C)O[Si](C)(C)C=C. The summed E-state index contributed by atoms with van der Waals surface area (Å²) < 4.78 is 24.7. The lowest BCUT2D eigenvalue weighted by atomic mass is 11.3. The fraction of sp³-hybridized carbons (Fsp3) is 0.455. The monoisotopic (exact) mass is 544 g/mol. The average Bonchev–Trinajstić information content (AvgIpc) is 2.66. The molecule has 0 heterocycles. The van der Waals surface area contributed by atoms with E-state index in [2.05, 4.69) is 91.8 Å². The number of hydrogen-bond donors (Lipinski definition) is 0. The van der Waals surface area contributed by atoms with Crippen LogP contribution in [-0.2, 0) is 16.5 Å². The Morgan fingerprint density at radius 3 is 0.594 bits per heavy atom. The summed E-state index contributed by atoms with van der Waals surface area (Å²) >= 11 is 0. The topological polar surface area (TPSA) is 36.9 Å². The molecular weight excluding hydrogens is 497 g/mol. The van der Waals surface area contributed by atoms with Crippen LogP contribution in [0.2, 0.25) is 65.5 Å². The van der Waals surface area contributed by atoms with Gasteiger partial charge in [0.15, 0.2) is 33.3 Å². The molecule has 0 spiro atoms. The van der Waals surface area contributed by atoms with Gasteiger partial charge in [-0.3, -0.25) is 0 Å². The lowest BCUT2D eigenvalue weighted by Gasteiger charge is -2.36. The van der Waals surface area contributed by atoms with Gasteiger partial charge in [-0.25, -0.2) is 0 Å². The second-order valence-electron chi connectivity index (χ2n) is 10.1. The molecule has 0 unspecified atom stereocenters. The summed E-state index contributed by atoms with van der Waals surface area (Å²) in [7, 11) is -11.9. The molecule has 0 aliphatic carbocycles. The van der Waals surface area contributed by atoms with Crippen LogP contribution in [0.15, 0.2) is 73.7 Å². The molecule has 0 aromatic carbocycles. The van der Waals surface area contributed by atoms with Gasteiger partial charge >= 0.3 is 17.1 Å². The third-order valence-corrected chi connectivity index (χ3v) is 24.9. The highest BCUT2D eigenvalue weighted by atomic mass is 28.5. The fourth-order valence-electron chi connectivity index (χ4n) is 2.46. The number of rotatable bonds is 14. The lowest BCUT2D eigenvalue weighted by Crippen LogP contribution is -2.52. The van der Waals surface area contributed by atoms with Crippen LogP contribution in [0.3, 0.4) is 0 Å². The van der Waals surface area contributed by atoms with Crippen LogP contribution < -0.4 is 0 Å². The first-order chi connectivity index (χ1) is 14.2. The molecule has 0 atom stereocenters. The summed E-state index contributed by atoms with van der Waals surface area (Å²) in [5.41, 5.74) is 11.4. The normalized spacial score (nSPS) is 13.3. The molecule has 0 bridgehead atoms. The summed E-state index contributed by atoms with van der Waals surface area (Å²) in [4.78, 5) is 0. The maximum Gasteiger partial charge on any atom is 0.341 e. The lowest BCUT2D eigenvalue weighted by molar-refractivity contribution is 0.406. The van der Waals surface area contributed by atoms with Crippen LogP contribution in [0, 0.1) is 0 Å². The smallest absolute Gasteiger partial charge is 0.341 e. The molecule has 4 nitrogen and oxygen atoms in total. The summed E-state index contributed by atoms with van der Waals surface area (Å²) in [6.07, 6.45) is 0. The van der Waals surface area contributed by atoms with Crippen molar-refractivity contribution in [1.29, 1.82) is 0 Å². The van der Waals surface area contributed by atoms with Crippen LogP contribution in [0.25, 0.3) is 0 Å². The summed E-state index contributed by atoms with van der Waals surface area (Å²) in [5.74, 6) is 0. The van der Waals surface area contributed by atoms with E-state index in [1.54, 1.807) is 0 Å². The molecule has 32 heavy (non-hydrogen) atoms. The Morgan fingerprint density at radius 1 is 0.344 bits per heavy atom. The van der Waals surface area contributed by atoms with Crippen molar-refractivity contribution in [2.24, 2.45) is 0 Å². The first kappa shape index (κ1) is 33.8. The first-order valence-electron chi connectivity index (χ1n) is 10.8. The van der Waals surface area contributed by atoms with E-state index in [1.807, 2.05) is 47.3 Å². The zero-order valence-corrected chi connectivity index (χ0v) is 28.3. The molecule has 0 N–H and O–H groups in total. The average molecular weight is 545 g/mol. The zero-order valence-electron chi connectivity index (χ0n) is 22.3. The Balaban J connectivity index is 0. The van der Waals surface area contributed by atoms with Gasteiger partial charge in [-0.15, -0.1) is 39.5 Å². The maximum atomic E-state index is 6.17. The van der Waals surface area contributed by atoms with E-state index < -0.39 is 50.4 Å². The maximum absolute atomic E-state index is 6.17. The second-order valence-corrected chi connectivity index (χ2v) is 32.7. The highest BCUT2D eigenvalue weighted by Gasteiger charge is 2.40. The molecule has 184 valence electrons. The summed E-state index contributed by atoms with van der Waals surface area (Å²) in [6.45, 7) is 44.0. The Morgan fingerprint density at radius 2 is 0.500 bits per heavy atom. The van der Waals surface area contributed by atoms with Crippen molar-refractivity contribution in [2.75, 3.05) is 0 Å². The zero-order chi connectivity index (χ0) is 26.1. The van der Waals surface area contributed by atoms with Gasteiger partial charge in [0.1, 0.15) is 0 Å². The Labute approximate surface area is 205 Å². The van der Waals surface area contributed by atoms with Gasteiger partial charge in [-0.1, -0.05) is 34.2 Å². The highest BCUT2D eigenvalue weighted by Crippen LogP contribution is 2.23. The van der Waals surface area contributed by atoms with Crippen LogP contribution in [0.4, 0.5) is 0 Å².